The van der Waals surface area contributed by atoms with Crippen molar-refractivity contribution < 1.29 is 31.9 Å². The van der Waals surface area contributed by atoms with Gasteiger partial charge in [-0.3, -0.25) is 19.1 Å². The number of aryl methyl sites for hydroxylation is 1. The van der Waals surface area contributed by atoms with Crippen molar-refractivity contribution >= 4 is 41.1 Å². The Hall–Kier alpha value is -3.15. The lowest BCUT2D eigenvalue weighted by Crippen LogP contribution is -2.53. The fourth-order valence-electron chi connectivity index (χ4n) is 4.43. The van der Waals surface area contributed by atoms with E-state index in [9.17, 15) is 27.6 Å². The second-order valence-electron chi connectivity index (χ2n) is 9.21. The maximum absolute atomic E-state index is 16.2. The van der Waals surface area contributed by atoms with Gasteiger partial charge in [0.25, 0.3) is 0 Å². The van der Waals surface area contributed by atoms with Crippen molar-refractivity contribution in [3.05, 3.63) is 87.7 Å². The molecular formula is C26H22ClF4N3O3S. The van der Waals surface area contributed by atoms with Gasteiger partial charge in [-0.05, 0) is 91.4 Å². The van der Waals surface area contributed by atoms with Crippen LogP contribution in [0.2, 0.25) is 5.02 Å². The molecule has 0 spiro atoms. The van der Waals surface area contributed by atoms with Gasteiger partial charge in [0.2, 0.25) is 23.3 Å². The molecule has 0 aromatic heterocycles. The van der Waals surface area contributed by atoms with Crippen LogP contribution >= 0.6 is 23.5 Å². The summed E-state index contributed by atoms with van der Waals surface area (Å²) in [7, 11) is 0. The highest BCUT2D eigenvalue weighted by Gasteiger charge is 2.49. The molecule has 2 aromatic rings. The normalized spacial score (nSPS) is 22.9. The van der Waals surface area contributed by atoms with Crippen LogP contribution in [0.1, 0.15) is 30.9 Å². The van der Waals surface area contributed by atoms with E-state index in [1.807, 2.05) is 0 Å². The number of hydrogen-bond donors (Lipinski definition) is 3. The summed E-state index contributed by atoms with van der Waals surface area (Å²) in [5, 5.41) is 2.73. The maximum Gasteiger partial charge on any atom is 0.247 e. The van der Waals surface area contributed by atoms with Gasteiger partial charge in [0.15, 0.2) is 5.83 Å². The second-order valence-corrected chi connectivity index (χ2v) is 10.5. The Kier molecular flexibility index (Phi) is 7.74. The predicted octanol–water partition coefficient (Wildman–Crippen LogP) is 4.51. The number of allylic oxidation sites excluding steroid dienone is 2. The smallest absolute Gasteiger partial charge is 0.247 e. The number of hydrogen-bond acceptors (Lipinski definition) is 5. The zero-order chi connectivity index (χ0) is 27.8. The van der Waals surface area contributed by atoms with E-state index in [0.29, 0.717) is 17.5 Å². The minimum atomic E-state index is -2.82. The number of nitrogens with two attached hydrogens (primary N) is 1. The van der Waals surface area contributed by atoms with Gasteiger partial charge >= 0.3 is 0 Å². The largest absolute Gasteiger partial charge is 0.367 e. The van der Waals surface area contributed by atoms with Crippen LogP contribution in [0.15, 0.2) is 64.8 Å². The van der Waals surface area contributed by atoms with Crippen LogP contribution < -0.4 is 15.8 Å². The van der Waals surface area contributed by atoms with Gasteiger partial charge in [0.05, 0.1) is 12.5 Å². The van der Waals surface area contributed by atoms with Crippen molar-refractivity contribution in [2.24, 2.45) is 5.73 Å². The van der Waals surface area contributed by atoms with Crippen molar-refractivity contribution in [1.29, 1.82) is 0 Å². The molecule has 1 heterocycles. The first-order valence-corrected chi connectivity index (χ1v) is 12.6. The number of fused-ring (bicyclic) bond motifs is 1. The summed E-state index contributed by atoms with van der Waals surface area (Å²) in [6.07, 6.45) is 1.38. The van der Waals surface area contributed by atoms with Crippen molar-refractivity contribution in [3.8, 4) is 0 Å². The number of nitrogens with one attached hydrogen (secondary N) is 2. The Balaban J connectivity index is 1.57. The molecule has 38 heavy (non-hydrogen) atoms. The number of alkyl halides is 1. The highest BCUT2D eigenvalue weighted by molar-refractivity contribution is 7.97. The monoisotopic (exact) mass is 567 g/mol. The third kappa shape index (κ3) is 5.36. The summed E-state index contributed by atoms with van der Waals surface area (Å²) >= 11 is 7.12. The summed E-state index contributed by atoms with van der Waals surface area (Å²) in [5.74, 6) is -6.81. The molecule has 2 aliphatic rings. The number of amides is 2. The molecule has 0 saturated heterocycles. The molecule has 4 N–H and O–H groups in total. The summed E-state index contributed by atoms with van der Waals surface area (Å²) < 4.78 is 61.9. The molecule has 1 aliphatic heterocycles. The van der Waals surface area contributed by atoms with Gasteiger partial charge in [-0.1, -0.05) is 11.6 Å². The molecule has 0 bridgehead atoms. The Morgan fingerprint density at radius 1 is 1.24 bits per heavy atom. The Bertz CT molecular complexity index is 1400. The van der Waals surface area contributed by atoms with E-state index in [0.717, 1.165) is 53.6 Å². The highest BCUT2D eigenvalue weighted by atomic mass is 35.5. The Morgan fingerprint density at radius 2 is 1.97 bits per heavy atom. The Labute approximate surface area is 224 Å². The van der Waals surface area contributed by atoms with Crippen LogP contribution in [0, 0.1) is 11.6 Å². The predicted molar refractivity (Wildman–Crippen MR) is 134 cm³/mol. The summed E-state index contributed by atoms with van der Waals surface area (Å²) in [5.41, 5.74) is 0.518. The molecule has 4 rings (SSSR count). The van der Waals surface area contributed by atoms with E-state index in [1.54, 1.807) is 18.2 Å². The minimum Gasteiger partial charge on any atom is -0.367 e. The molecule has 1 unspecified atom stereocenters. The van der Waals surface area contributed by atoms with Crippen molar-refractivity contribution in [3.63, 3.8) is 0 Å². The quantitative estimate of drug-likeness (QED) is 0.352. The number of carbonyl (C=O) groups excluding carboxylic acids is 3. The van der Waals surface area contributed by atoms with Crippen molar-refractivity contribution in [2.75, 3.05) is 0 Å². The molecule has 2 aromatic carbocycles. The van der Waals surface area contributed by atoms with Crippen LogP contribution in [0.3, 0.4) is 0 Å². The minimum absolute atomic E-state index is 0.116. The van der Waals surface area contributed by atoms with E-state index < -0.39 is 64.3 Å². The molecule has 0 radical (unpaired) electrons. The van der Waals surface area contributed by atoms with Gasteiger partial charge in [-0.15, -0.1) is 0 Å². The number of Topliss-reactive ketones (excluding diaryl/α,β-unsaturated/α-hetero) is 1. The number of carbonyl (C=O) groups is 3. The van der Waals surface area contributed by atoms with Gasteiger partial charge in [-0.25, -0.2) is 17.6 Å². The number of benzene rings is 2. The topological polar surface area (TPSA) is 101 Å². The lowest BCUT2D eigenvalue weighted by atomic mass is 9.82. The molecule has 1 aliphatic carbocycles. The summed E-state index contributed by atoms with van der Waals surface area (Å²) in [6, 6.07) is 6.30. The van der Waals surface area contributed by atoms with Crippen LogP contribution in [0.25, 0.3) is 0 Å². The molecule has 2 amide bonds. The first kappa shape index (κ1) is 27.9. The third-order valence-electron chi connectivity index (χ3n) is 6.53. The average molecular weight is 568 g/mol. The molecule has 12 heteroatoms. The molecule has 6 nitrogen and oxygen atoms in total. The number of ketones is 1. The van der Waals surface area contributed by atoms with Gasteiger partial charge < -0.3 is 11.1 Å². The van der Waals surface area contributed by atoms with Gasteiger partial charge in [0.1, 0.15) is 17.2 Å². The first-order chi connectivity index (χ1) is 17.8. The zero-order valence-electron chi connectivity index (χ0n) is 19.9. The van der Waals surface area contributed by atoms with E-state index in [1.165, 1.54) is 0 Å². The van der Waals surface area contributed by atoms with Crippen LogP contribution in [0.4, 0.5) is 17.6 Å². The summed E-state index contributed by atoms with van der Waals surface area (Å²) in [4.78, 5) is 38.4. The average Bonchev–Trinajstić information content (AvgIpc) is 3.06. The fraction of sp³-hybridized carbons (Fsp3) is 0.269. The van der Waals surface area contributed by atoms with Gasteiger partial charge in [0, 0.05) is 15.5 Å². The van der Waals surface area contributed by atoms with E-state index >= 15 is 4.39 Å². The van der Waals surface area contributed by atoms with E-state index in [4.69, 9.17) is 17.3 Å². The third-order valence-corrected chi connectivity index (χ3v) is 7.79. The Morgan fingerprint density at radius 3 is 2.68 bits per heavy atom. The molecular weight excluding hydrogens is 546 g/mol. The molecule has 3 atom stereocenters. The van der Waals surface area contributed by atoms with Gasteiger partial charge in [-0.2, -0.15) is 0 Å². The van der Waals surface area contributed by atoms with Crippen LogP contribution in [-0.2, 0) is 26.3 Å². The molecule has 0 fully saturated rings. The van der Waals surface area contributed by atoms with Crippen molar-refractivity contribution in [2.45, 2.75) is 48.3 Å². The molecule has 0 saturated carbocycles. The lowest BCUT2D eigenvalue weighted by Gasteiger charge is -2.32. The number of primary amides is 1. The highest BCUT2D eigenvalue weighted by Crippen LogP contribution is 2.38. The van der Waals surface area contributed by atoms with Crippen LogP contribution in [0.5, 0.6) is 0 Å². The first-order valence-electron chi connectivity index (χ1n) is 11.4. The SMILES string of the molecule is C[C@](NC(=O)CC1=CC(F)([C@H]2CCc3cc(Cl)ccc3SN2)C(=O)C(F)=C1)(C(N)=O)c1cc(F)ccc1F. The number of halogens is 5. The molecule has 200 valence electrons. The second kappa shape index (κ2) is 10.5. The maximum atomic E-state index is 16.2. The van der Waals surface area contributed by atoms with E-state index in [-0.39, 0.29) is 12.0 Å². The zero-order valence-corrected chi connectivity index (χ0v) is 21.5. The van der Waals surface area contributed by atoms with Crippen LogP contribution in [-0.4, -0.2) is 29.3 Å². The van der Waals surface area contributed by atoms with E-state index in [2.05, 4.69) is 10.0 Å². The fourth-order valence-corrected chi connectivity index (χ4v) is 5.61. The standard InChI is InChI=1S/C26H22ClF4N3O3S/c1-25(24(32)37,17-11-16(28)4-5-18(17)29)33-22(35)9-13-8-19(30)23(36)26(31,12-13)21-7-2-14-10-15(27)3-6-20(14)38-34-21/h3-6,8,10-12,21,34H,2,7,9H2,1H3,(H2,32,37)(H,33,35)/t21-,25-,26?/m1/s1. The summed E-state index contributed by atoms with van der Waals surface area (Å²) in [6.45, 7) is 1.08. The lowest BCUT2D eigenvalue weighted by molar-refractivity contribution is -0.131. The van der Waals surface area contributed by atoms with Crippen molar-refractivity contribution in [1.82, 2.24) is 10.0 Å². The number of rotatable bonds is 6.